The molecule has 9 heteroatoms. The molecule has 0 unspecified atom stereocenters. The van der Waals surface area contributed by atoms with E-state index in [0.29, 0.717) is 22.7 Å². The second kappa shape index (κ2) is 13.5. The van der Waals surface area contributed by atoms with E-state index in [1.54, 1.807) is 0 Å². The molecule has 0 saturated carbocycles. The number of fused-ring (bicyclic) bond motifs is 8. The average molecular weight is 779 g/mol. The van der Waals surface area contributed by atoms with Crippen LogP contribution in [-0.2, 0) is 20.4 Å². The summed E-state index contributed by atoms with van der Waals surface area (Å²) < 4.78 is 0. The van der Waals surface area contributed by atoms with Crippen molar-refractivity contribution in [3.63, 3.8) is 0 Å². The van der Waals surface area contributed by atoms with Crippen LogP contribution in [0.1, 0.15) is 22.8 Å². The van der Waals surface area contributed by atoms with Crippen LogP contribution in [0.2, 0.25) is 0 Å². The van der Waals surface area contributed by atoms with Crippen LogP contribution in [0, 0.1) is 0 Å². The number of aromatic nitrogens is 4. The van der Waals surface area contributed by atoms with Crippen molar-refractivity contribution in [2.75, 3.05) is 22.9 Å². The molecule has 0 saturated heterocycles. The van der Waals surface area contributed by atoms with Gasteiger partial charge in [0, 0.05) is 22.7 Å². The predicted octanol–water partition coefficient (Wildman–Crippen LogP) is 8.91. The molecule has 9 rings (SSSR count). The normalized spacial score (nSPS) is 11.8. The van der Waals surface area contributed by atoms with E-state index in [4.69, 9.17) is 42.9 Å². The summed E-state index contributed by atoms with van der Waals surface area (Å²) in [5.41, 5.74) is 40.7. The Kier molecular flexibility index (Phi) is 8.51. The Hall–Kier alpha value is -6.66. The number of anilines is 4. The summed E-state index contributed by atoms with van der Waals surface area (Å²) in [4.78, 5) is 21.1. The standard InChI is InChI=1S/C44H32N8.Pd/c45-29-9-1-25(2-10-29)41-33-17-19-35(49-33)42(26-3-11-30(46)12-4-26)37-21-23-39(51-37)44(28-7-15-32(48)16-8-28)40-24-22-38(52-40)43(36-20-18-34(41)50-36)27-5-13-31(47)14-6-27;/h1-24H,45-48H2;/q-2;+2. The van der Waals surface area contributed by atoms with E-state index in [-0.39, 0.29) is 20.4 Å². The van der Waals surface area contributed by atoms with E-state index in [0.717, 1.165) is 89.4 Å². The molecule has 0 atom stereocenters. The molecule has 8 nitrogen and oxygen atoms in total. The number of nitrogens with two attached hydrogens (primary N) is 4. The molecule has 8 bridgehead atoms. The zero-order valence-corrected chi connectivity index (χ0v) is 29.8. The maximum Gasteiger partial charge on any atom is 2.00 e. The molecular weight excluding hydrogens is 747 g/mol. The Morgan fingerprint density at radius 3 is 0.717 bits per heavy atom. The van der Waals surface area contributed by atoms with Crippen molar-refractivity contribution >= 4 is 69.1 Å². The fourth-order valence-corrected chi connectivity index (χ4v) is 6.87. The van der Waals surface area contributed by atoms with Crippen molar-refractivity contribution in [2.24, 2.45) is 0 Å². The summed E-state index contributed by atoms with van der Waals surface area (Å²) in [5.74, 6) is 0. The second-order valence-corrected chi connectivity index (χ2v) is 12.9. The van der Waals surface area contributed by atoms with Gasteiger partial charge in [-0.2, -0.15) is 0 Å². The first-order valence-electron chi connectivity index (χ1n) is 16.9. The molecule has 3 aromatic heterocycles. The van der Waals surface area contributed by atoms with Gasteiger partial charge in [-0.3, -0.25) is 0 Å². The summed E-state index contributed by atoms with van der Waals surface area (Å²) in [5, 5.41) is 0. The molecule has 0 fully saturated rings. The maximum atomic E-state index is 6.13. The van der Waals surface area contributed by atoms with Gasteiger partial charge < -0.3 is 32.9 Å². The number of benzene rings is 4. The van der Waals surface area contributed by atoms with Crippen molar-refractivity contribution in [3.8, 4) is 44.5 Å². The fraction of sp³-hybridized carbons (Fsp3) is 0. The molecule has 4 aromatic carbocycles. The third kappa shape index (κ3) is 6.19. The van der Waals surface area contributed by atoms with E-state index in [1.165, 1.54) is 0 Å². The Balaban J connectivity index is 0.00000400. The molecule has 0 amide bonds. The first-order valence-corrected chi connectivity index (χ1v) is 16.9. The van der Waals surface area contributed by atoms with Crippen molar-refractivity contribution in [3.05, 3.63) is 144 Å². The van der Waals surface area contributed by atoms with Gasteiger partial charge in [0.1, 0.15) is 0 Å². The van der Waals surface area contributed by atoms with Gasteiger partial charge in [0.05, 0.1) is 22.8 Å². The molecule has 53 heavy (non-hydrogen) atoms. The van der Waals surface area contributed by atoms with Crippen molar-refractivity contribution in [2.45, 2.75) is 0 Å². The molecular formula is C44H32N8Pd. The Bertz CT molecular complexity index is 2370. The number of nitrogen functional groups attached to an aromatic ring is 4. The molecule has 5 heterocycles. The van der Waals surface area contributed by atoms with E-state index < -0.39 is 0 Å². The van der Waals surface area contributed by atoms with Crippen molar-refractivity contribution in [1.82, 2.24) is 19.9 Å². The minimum Gasteiger partial charge on any atom is -0.657 e. The molecule has 7 aromatic rings. The van der Waals surface area contributed by atoms with Gasteiger partial charge in [-0.15, -0.1) is 22.1 Å². The van der Waals surface area contributed by atoms with Gasteiger partial charge in [-0.25, -0.2) is 9.97 Å². The maximum absolute atomic E-state index is 6.13. The van der Waals surface area contributed by atoms with Crippen LogP contribution in [0.3, 0.4) is 0 Å². The van der Waals surface area contributed by atoms with Crippen LogP contribution in [0.4, 0.5) is 22.7 Å². The zero-order chi connectivity index (χ0) is 35.3. The third-order valence-corrected chi connectivity index (χ3v) is 9.41. The largest absolute Gasteiger partial charge is 2.00 e. The number of hydrogen-bond acceptors (Lipinski definition) is 6. The minimum atomic E-state index is 0. The van der Waals surface area contributed by atoms with E-state index in [2.05, 4.69) is 0 Å². The second-order valence-electron chi connectivity index (χ2n) is 12.9. The summed E-state index contributed by atoms with van der Waals surface area (Å²) in [6.07, 6.45) is 8.15. The first-order chi connectivity index (χ1) is 25.4. The van der Waals surface area contributed by atoms with Gasteiger partial charge in [-0.05, 0) is 117 Å². The van der Waals surface area contributed by atoms with Crippen LogP contribution >= 0.6 is 0 Å². The van der Waals surface area contributed by atoms with Gasteiger partial charge in [0.15, 0.2) is 0 Å². The SMILES string of the molecule is Nc1ccc(-c2c3nc(c(-c4ccc(N)cc4)c4ccc([n-]4)c(-c4ccc(N)cc4)c4nc(c(-c5ccc(N)cc5)c5ccc2[n-]5)C=C4)C=C3)cc1.[Pd+2]. The minimum absolute atomic E-state index is 0. The zero-order valence-electron chi connectivity index (χ0n) is 28.3. The Labute approximate surface area is 319 Å². The predicted molar refractivity (Wildman–Crippen MR) is 216 cm³/mol. The monoisotopic (exact) mass is 778 g/mol. The van der Waals surface area contributed by atoms with Crippen LogP contribution < -0.4 is 32.9 Å². The molecule has 0 spiro atoms. The van der Waals surface area contributed by atoms with Crippen molar-refractivity contribution < 1.29 is 20.4 Å². The van der Waals surface area contributed by atoms with Gasteiger partial charge in [-0.1, -0.05) is 72.8 Å². The van der Waals surface area contributed by atoms with E-state index >= 15 is 0 Å². The van der Waals surface area contributed by atoms with Gasteiger partial charge >= 0.3 is 20.4 Å². The number of hydrogen-bond donors (Lipinski definition) is 4. The van der Waals surface area contributed by atoms with Crippen LogP contribution in [0.15, 0.2) is 121 Å². The Morgan fingerprint density at radius 2 is 0.509 bits per heavy atom. The molecule has 8 N–H and O–H groups in total. The molecule has 0 aliphatic carbocycles. The summed E-state index contributed by atoms with van der Waals surface area (Å²) in [6, 6.07) is 39.4. The first kappa shape index (κ1) is 33.5. The molecule has 2 aliphatic rings. The number of rotatable bonds is 4. The summed E-state index contributed by atoms with van der Waals surface area (Å²) in [7, 11) is 0. The van der Waals surface area contributed by atoms with E-state index in [9.17, 15) is 0 Å². The van der Waals surface area contributed by atoms with Crippen molar-refractivity contribution in [1.29, 1.82) is 0 Å². The summed E-state index contributed by atoms with van der Waals surface area (Å²) in [6.45, 7) is 0. The van der Waals surface area contributed by atoms with E-state index in [1.807, 2.05) is 146 Å². The molecule has 2 aliphatic heterocycles. The van der Waals surface area contributed by atoms with Crippen LogP contribution in [0.25, 0.3) is 90.9 Å². The smallest absolute Gasteiger partial charge is 0.657 e. The van der Waals surface area contributed by atoms with Gasteiger partial charge in [0.2, 0.25) is 0 Å². The average Bonchev–Trinajstić information content (AvgIpc) is 3.99. The van der Waals surface area contributed by atoms with Gasteiger partial charge in [0.25, 0.3) is 0 Å². The Morgan fingerprint density at radius 1 is 0.302 bits per heavy atom. The van der Waals surface area contributed by atoms with Crippen LogP contribution in [0.5, 0.6) is 0 Å². The fourth-order valence-electron chi connectivity index (χ4n) is 6.87. The summed E-state index contributed by atoms with van der Waals surface area (Å²) >= 11 is 0. The number of nitrogens with zero attached hydrogens (tertiary/aromatic N) is 4. The molecule has 0 radical (unpaired) electrons. The molecule has 258 valence electrons. The quantitative estimate of drug-likeness (QED) is 0.102. The third-order valence-electron chi connectivity index (χ3n) is 9.41. The van der Waals surface area contributed by atoms with Crippen LogP contribution in [-0.4, -0.2) is 9.97 Å². The topological polar surface area (TPSA) is 158 Å².